The van der Waals surface area contributed by atoms with Crippen LogP contribution in [0.15, 0.2) is 12.4 Å². The van der Waals surface area contributed by atoms with E-state index in [-0.39, 0.29) is 42.3 Å². The van der Waals surface area contributed by atoms with Crippen LogP contribution >= 0.6 is 24.8 Å². The number of hydrogen-bond acceptors (Lipinski definition) is 7. The Morgan fingerprint density at radius 2 is 1.87 bits per heavy atom. The summed E-state index contributed by atoms with van der Waals surface area (Å²) in [7, 11) is 0.147. The molecule has 2 fully saturated rings. The summed E-state index contributed by atoms with van der Waals surface area (Å²) in [5.74, 6) is -1.37. The van der Waals surface area contributed by atoms with Crippen LogP contribution in [0.4, 0.5) is 0 Å². The van der Waals surface area contributed by atoms with Crippen molar-refractivity contribution in [3.8, 4) is 0 Å². The Hall–Kier alpha value is -1.49. The summed E-state index contributed by atoms with van der Waals surface area (Å²) in [5.41, 5.74) is 0.955. The largest absolute Gasteiger partial charge is 0.331 e. The summed E-state index contributed by atoms with van der Waals surface area (Å²) in [6, 6.07) is -0.988. The highest BCUT2D eigenvalue weighted by atomic mass is 35.5. The maximum atomic E-state index is 13.1. The summed E-state index contributed by atoms with van der Waals surface area (Å²) in [6.45, 7) is 4.76. The van der Waals surface area contributed by atoms with Crippen LogP contribution in [0, 0.1) is 11.8 Å². The zero-order valence-corrected chi connectivity index (χ0v) is 20.1. The monoisotopic (exact) mass is 481 g/mol. The maximum Gasteiger partial charge on any atom is 0.274 e. The Morgan fingerprint density at radius 3 is 2.33 bits per heavy atom. The molecule has 0 aliphatic carbocycles. The first-order valence-electron chi connectivity index (χ1n) is 9.32. The molecule has 0 aromatic carbocycles. The number of aromatic nitrogens is 2. The molecule has 2 saturated heterocycles. The molecule has 0 unspecified atom stereocenters. The van der Waals surface area contributed by atoms with Crippen LogP contribution in [0.2, 0.25) is 0 Å². The number of sulfonamides is 1. The van der Waals surface area contributed by atoms with Gasteiger partial charge < -0.3 is 9.80 Å². The van der Waals surface area contributed by atoms with Crippen LogP contribution in [0.3, 0.4) is 0 Å². The molecule has 1 aromatic heterocycles. The number of likely N-dealkylation sites (tertiary alicyclic amines) is 1. The predicted molar refractivity (Wildman–Crippen MR) is 117 cm³/mol. The normalized spacial score (nSPS) is 23.4. The van der Waals surface area contributed by atoms with Crippen molar-refractivity contribution < 1.29 is 18.0 Å². The Kier molecular flexibility index (Phi) is 8.63. The molecule has 3 rings (SSSR count). The molecule has 170 valence electrons. The minimum Gasteiger partial charge on any atom is -0.331 e. The SMILES string of the molecule is CC(C)[C@H]1C(=O)N(S(C)(=O)=O)[C@H]2CCN(C(=O)c3cnc(CN(C)C)cn3)[C@H]12.Cl.Cl. The van der Waals surface area contributed by atoms with E-state index in [0.717, 1.165) is 16.3 Å². The molecular formula is C18H29Cl2N5O4S. The van der Waals surface area contributed by atoms with E-state index in [1.54, 1.807) is 11.1 Å². The number of nitrogens with zero attached hydrogens (tertiary/aromatic N) is 5. The summed E-state index contributed by atoms with van der Waals surface area (Å²) < 4.78 is 25.4. The van der Waals surface area contributed by atoms with Crippen molar-refractivity contribution in [2.75, 3.05) is 26.9 Å². The second-order valence-corrected chi connectivity index (χ2v) is 10.0. The van der Waals surface area contributed by atoms with Gasteiger partial charge in [-0.15, -0.1) is 24.8 Å². The molecule has 1 aromatic rings. The van der Waals surface area contributed by atoms with Gasteiger partial charge in [-0.3, -0.25) is 14.6 Å². The highest BCUT2D eigenvalue weighted by Gasteiger charge is 2.58. The molecule has 0 saturated carbocycles. The first-order chi connectivity index (χ1) is 13.0. The van der Waals surface area contributed by atoms with Gasteiger partial charge in [0.05, 0.1) is 42.3 Å². The van der Waals surface area contributed by atoms with Crippen molar-refractivity contribution in [1.29, 1.82) is 0 Å². The lowest BCUT2D eigenvalue weighted by Gasteiger charge is -2.29. The zero-order chi connectivity index (χ0) is 20.8. The molecule has 0 N–H and O–H groups in total. The molecule has 12 heteroatoms. The van der Waals surface area contributed by atoms with Gasteiger partial charge in [-0.2, -0.15) is 0 Å². The fraction of sp³-hybridized carbons (Fsp3) is 0.667. The molecule has 0 spiro atoms. The first kappa shape index (κ1) is 26.5. The maximum absolute atomic E-state index is 13.1. The van der Waals surface area contributed by atoms with Crippen LogP contribution < -0.4 is 0 Å². The van der Waals surface area contributed by atoms with Crippen molar-refractivity contribution in [3.05, 3.63) is 23.8 Å². The highest BCUT2D eigenvalue weighted by molar-refractivity contribution is 7.88. The molecule has 30 heavy (non-hydrogen) atoms. The lowest BCUT2D eigenvalue weighted by Crippen LogP contribution is -2.44. The average molecular weight is 482 g/mol. The van der Waals surface area contributed by atoms with Crippen LogP contribution in [0.5, 0.6) is 0 Å². The third-order valence-corrected chi connectivity index (χ3v) is 6.50. The summed E-state index contributed by atoms with van der Waals surface area (Å²) in [6.07, 6.45) is 4.50. The zero-order valence-electron chi connectivity index (χ0n) is 17.7. The van der Waals surface area contributed by atoms with Gasteiger partial charge in [0.2, 0.25) is 15.9 Å². The van der Waals surface area contributed by atoms with Gasteiger partial charge in [-0.05, 0) is 26.4 Å². The van der Waals surface area contributed by atoms with Gasteiger partial charge >= 0.3 is 0 Å². The van der Waals surface area contributed by atoms with E-state index in [1.807, 2.05) is 32.8 Å². The number of hydrogen-bond donors (Lipinski definition) is 0. The third kappa shape index (κ3) is 4.87. The lowest BCUT2D eigenvalue weighted by molar-refractivity contribution is -0.129. The minimum absolute atomic E-state index is 0. The predicted octanol–water partition coefficient (Wildman–Crippen LogP) is 1.04. The smallest absolute Gasteiger partial charge is 0.274 e. The van der Waals surface area contributed by atoms with Crippen molar-refractivity contribution in [2.45, 2.75) is 38.9 Å². The summed E-state index contributed by atoms with van der Waals surface area (Å²) in [5, 5.41) is 0. The Morgan fingerprint density at radius 1 is 1.23 bits per heavy atom. The number of carbonyl (C=O) groups is 2. The van der Waals surface area contributed by atoms with Gasteiger partial charge in [0.15, 0.2) is 0 Å². The van der Waals surface area contributed by atoms with Crippen molar-refractivity contribution in [2.24, 2.45) is 11.8 Å². The molecule has 3 atom stereocenters. The second-order valence-electron chi connectivity index (χ2n) is 8.14. The molecular weight excluding hydrogens is 453 g/mol. The van der Waals surface area contributed by atoms with E-state index in [4.69, 9.17) is 0 Å². The molecule has 3 heterocycles. The quantitative estimate of drug-likeness (QED) is 0.618. The third-order valence-electron chi connectivity index (χ3n) is 5.33. The number of amides is 2. The number of halogens is 2. The fourth-order valence-corrected chi connectivity index (χ4v) is 5.46. The van der Waals surface area contributed by atoms with Crippen LogP contribution in [-0.2, 0) is 21.4 Å². The molecule has 2 aliphatic rings. The Labute approximate surface area is 190 Å². The van der Waals surface area contributed by atoms with Crippen molar-refractivity contribution in [3.63, 3.8) is 0 Å². The van der Waals surface area contributed by atoms with Crippen LogP contribution in [0.1, 0.15) is 36.5 Å². The minimum atomic E-state index is -3.69. The summed E-state index contributed by atoms with van der Waals surface area (Å²) >= 11 is 0. The molecule has 2 amide bonds. The van der Waals surface area contributed by atoms with Crippen molar-refractivity contribution in [1.82, 2.24) is 24.1 Å². The van der Waals surface area contributed by atoms with Gasteiger partial charge in [0.25, 0.3) is 5.91 Å². The molecule has 2 aliphatic heterocycles. The Balaban J connectivity index is 0.00000225. The Bertz CT molecular complexity index is 879. The van der Waals surface area contributed by atoms with Gasteiger partial charge in [0, 0.05) is 13.1 Å². The van der Waals surface area contributed by atoms with Gasteiger partial charge in [-0.25, -0.2) is 17.7 Å². The van der Waals surface area contributed by atoms with E-state index in [1.165, 1.54) is 6.20 Å². The van der Waals surface area contributed by atoms with Gasteiger partial charge in [0.1, 0.15) is 5.69 Å². The molecule has 9 nitrogen and oxygen atoms in total. The van der Waals surface area contributed by atoms with Crippen LogP contribution in [0.25, 0.3) is 0 Å². The summed E-state index contributed by atoms with van der Waals surface area (Å²) in [4.78, 5) is 38.0. The highest BCUT2D eigenvalue weighted by Crippen LogP contribution is 2.41. The van der Waals surface area contributed by atoms with Gasteiger partial charge in [-0.1, -0.05) is 13.8 Å². The van der Waals surface area contributed by atoms with E-state index in [0.29, 0.717) is 19.5 Å². The fourth-order valence-electron chi connectivity index (χ4n) is 4.29. The second kappa shape index (κ2) is 9.76. The lowest BCUT2D eigenvalue weighted by atomic mass is 9.88. The molecule has 0 bridgehead atoms. The van der Waals surface area contributed by atoms with Crippen LogP contribution in [-0.4, -0.2) is 83.3 Å². The first-order valence-corrected chi connectivity index (χ1v) is 11.2. The van der Waals surface area contributed by atoms with Crippen molar-refractivity contribution >= 4 is 46.7 Å². The van der Waals surface area contributed by atoms with E-state index >= 15 is 0 Å². The van der Waals surface area contributed by atoms with E-state index in [2.05, 4.69) is 9.97 Å². The standard InChI is InChI=1S/C18H27N5O4S.2ClH/c1-11(2)15-16-14(23(18(15)25)28(5,26)27)6-7-22(16)17(24)13-9-19-12(8-20-13)10-21(3)4;;/h8-9,11,14-16H,6-7,10H2,1-5H3;2*1H/t14-,15+,16-;;/m0../s1. The average Bonchev–Trinajstić information content (AvgIpc) is 3.09. The topological polar surface area (TPSA) is 104 Å². The van der Waals surface area contributed by atoms with E-state index in [9.17, 15) is 18.0 Å². The number of rotatable bonds is 5. The number of fused-ring (bicyclic) bond motifs is 1. The molecule has 0 radical (unpaired) electrons. The number of carbonyl (C=O) groups excluding carboxylic acids is 2. The van der Waals surface area contributed by atoms with E-state index < -0.39 is 33.9 Å².